The second-order valence-electron chi connectivity index (χ2n) is 4.12. The Bertz CT molecular complexity index is 572. The van der Waals surface area contributed by atoms with Gasteiger partial charge in [-0.2, -0.15) is 26.3 Å². The Kier molecular flexibility index (Phi) is 4.16. The van der Waals surface area contributed by atoms with Crippen LogP contribution < -0.4 is 0 Å². The molecule has 0 aliphatic heterocycles. The number of aromatic carboxylic acids is 2. The SMILES string of the molecule is O=C(O)c1cc(C(=O)O)cc(C(O)(C(F)(F)F)C(F)(F)F)c1. The molecule has 1 aromatic rings. The largest absolute Gasteiger partial charge is 0.478 e. The third-order valence-electron chi connectivity index (χ3n) is 2.67. The van der Waals surface area contributed by atoms with E-state index in [1.807, 2.05) is 0 Å². The van der Waals surface area contributed by atoms with Crippen molar-refractivity contribution in [3.8, 4) is 0 Å². The summed E-state index contributed by atoms with van der Waals surface area (Å²) in [6.45, 7) is 0. The molecule has 1 rings (SSSR count). The predicted molar refractivity (Wildman–Crippen MR) is 56.4 cm³/mol. The van der Waals surface area contributed by atoms with Crippen molar-refractivity contribution in [2.24, 2.45) is 0 Å². The van der Waals surface area contributed by atoms with Crippen LogP contribution >= 0.6 is 0 Å². The fourth-order valence-electron chi connectivity index (χ4n) is 1.57. The number of benzene rings is 1. The number of rotatable bonds is 3. The van der Waals surface area contributed by atoms with Crippen molar-refractivity contribution in [2.75, 3.05) is 0 Å². The van der Waals surface area contributed by atoms with E-state index in [9.17, 15) is 35.9 Å². The van der Waals surface area contributed by atoms with Crippen LogP contribution in [-0.4, -0.2) is 39.6 Å². The summed E-state index contributed by atoms with van der Waals surface area (Å²) < 4.78 is 76.1. The molecule has 1 aromatic carbocycles. The number of hydrogen-bond acceptors (Lipinski definition) is 3. The Labute approximate surface area is 117 Å². The number of carbonyl (C=O) groups is 2. The summed E-state index contributed by atoms with van der Waals surface area (Å²) in [6.07, 6.45) is -12.5. The maximum absolute atomic E-state index is 12.7. The highest BCUT2D eigenvalue weighted by molar-refractivity contribution is 5.94. The van der Waals surface area contributed by atoms with Crippen LogP contribution in [0.5, 0.6) is 0 Å². The molecule has 0 heterocycles. The van der Waals surface area contributed by atoms with Crippen LogP contribution in [0.25, 0.3) is 0 Å². The summed E-state index contributed by atoms with van der Waals surface area (Å²) in [6, 6.07) is 0.187. The second-order valence-corrected chi connectivity index (χ2v) is 4.12. The van der Waals surface area contributed by atoms with Crippen LogP contribution in [0.1, 0.15) is 26.3 Å². The molecule has 0 aliphatic carbocycles. The standard InChI is InChI=1S/C11H6F6O5/c12-10(13,14)9(22,11(15,16)17)6-2-4(7(18)19)1-5(3-6)8(20)21/h1-3,22H,(H,18,19)(H,20,21). The van der Waals surface area contributed by atoms with Gasteiger partial charge in [0.2, 0.25) is 0 Å². The normalized spacial score (nSPS) is 13.0. The molecule has 0 saturated heterocycles. The first-order chi connectivity index (χ1) is 9.71. The van der Waals surface area contributed by atoms with Gasteiger partial charge in [-0.15, -0.1) is 0 Å². The summed E-state index contributed by atoms with van der Waals surface area (Å²) >= 11 is 0. The average molecular weight is 332 g/mol. The Morgan fingerprint density at radius 2 is 1.09 bits per heavy atom. The van der Waals surface area contributed by atoms with Gasteiger partial charge in [-0.25, -0.2) is 9.59 Å². The molecular weight excluding hydrogens is 326 g/mol. The molecule has 0 radical (unpaired) electrons. The number of carboxylic acids is 2. The zero-order chi connectivity index (χ0) is 17.5. The molecule has 0 fully saturated rings. The highest BCUT2D eigenvalue weighted by atomic mass is 19.4. The minimum atomic E-state index is -6.25. The van der Waals surface area contributed by atoms with Crippen LogP contribution in [0.2, 0.25) is 0 Å². The lowest BCUT2D eigenvalue weighted by Crippen LogP contribution is -2.54. The Morgan fingerprint density at radius 1 is 0.773 bits per heavy atom. The third kappa shape index (κ3) is 2.84. The molecule has 3 N–H and O–H groups in total. The van der Waals surface area contributed by atoms with Crippen LogP contribution in [0, 0.1) is 0 Å². The monoisotopic (exact) mass is 332 g/mol. The minimum absolute atomic E-state index is 0.0875. The van der Waals surface area contributed by atoms with E-state index in [-0.39, 0.29) is 12.1 Å². The number of carboxylic acid groups (broad SMARTS) is 2. The molecular formula is C11H6F6O5. The fraction of sp³-hybridized carbons (Fsp3) is 0.273. The highest BCUT2D eigenvalue weighted by Crippen LogP contribution is 2.50. The van der Waals surface area contributed by atoms with Crippen molar-refractivity contribution < 1.29 is 51.3 Å². The first-order valence-corrected chi connectivity index (χ1v) is 5.20. The number of alkyl halides is 6. The lowest BCUT2D eigenvalue weighted by molar-refractivity contribution is -0.376. The van der Waals surface area contributed by atoms with E-state index >= 15 is 0 Å². The number of aliphatic hydroxyl groups is 1. The van der Waals surface area contributed by atoms with E-state index in [1.54, 1.807) is 0 Å². The Morgan fingerprint density at radius 3 is 1.32 bits per heavy atom. The van der Waals surface area contributed by atoms with Crippen molar-refractivity contribution >= 4 is 11.9 Å². The van der Waals surface area contributed by atoms with Gasteiger partial charge in [-0.3, -0.25) is 0 Å². The van der Waals surface area contributed by atoms with Gasteiger partial charge in [0.05, 0.1) is 11.1 Å². The smallest absolute Gasteiger partial charge is 0.430 e. The lowest BCUT2D eigenvalue weighted by atomic mass is 9.89. The number of halogens is 6. The van der Waals surface area contributed by atoms with Gasteiger partial charge in [0.15, 0.2) is 0 Å². The summed E-state index contributed by atoms with van der Waals surface area (Å²) in [5.41, 5.74) is -9.66. The minimum Gasteiger partial charge on any atom is -0.478 e. The molecule has 22 heavy (non-hydrogen) atoms. The molecule has 0 aliphatic rings. The van der Waals surface area contributed by atoms with E-state index in [2.05, 4.69) is 0 Å². The highest BCUT2D eigenvalue weighted by Gasteiger charge is 2.71. The van der Waals surface area contributed by atoms with Gasteiger partial charge in [-0.05, 0) is 18.2 Å². The van der Waals surface area contributed by atoms with Gasteiger partial charge in [0.25, 0.3) is 5.60 Å². The molecule has 0 aromatic heterocycles. The molecule has 0 unspecified atom stereocenters. The molecule has 0 spiro atoms. The summed E-state index contributed by atoms with van der Waals surface area (Å²) in [4.78, 5) is 21.4. The van der Waals surface area contributed by atoms with E-state index in [0.717, 1.165) is 0 Å². The van der Waals surface area contributed by atoms with E-state index < -0.39 is 46.6 Å². The predicted octanol–water partition coefficient (Wildman–Crippen LogP) is 2.40. The number of hydrogen-bond donors (Lipinski definition) is 3. The van der Waals surface area contributed by atoms with E-state index in [4.69, 9.17) is 15.3 Å². The maximum Gasteiger partial charge on any atom is 0.430 e. The van der Waals surface area contributed by atoms with Crippen molar-refractivity contribution in [3.63, 3.8) is 0 Å². The summed E-state index contributed by atoms with van der Waals surface area (Å²) in [5.74, 6) is -3.92. The molecule has 122 valence electrons. The molecule has 0 amide bonds. The van der Waals surface area contributed by atoms with Gasteiger partial charge in [0.1, 0.15) is 0 Å². The zero-order valence-electron chi connectivity index (χ0n) is 10.2. The van der Waals surface area contributed by atoms with E-state index in [1.165, 1.54) is 0 Å². The van der Waals surface area contributed by atoms with Crippen LogP contribution in [0.3, 0.4) is 0 Å². The first kappa shape index (κ1) is 17.8. The van der Waals surface area contributed by atoms with Crippen molar-refractivity contribution in [3.05, 3.63) is 34.9 Å². The van der Waals surface area contributed by atoms with Crippen molar-refractivity contribution in [1.82, 2.24) is 0 Å². The van der Waals surface area contributed by atoms with Gasteiger partial charge in [-0.1, -0.05) is 0 Å². The third-order valence-corrected chi connectivity index (χ3v) is 2.67. The quantitative estimate of drug-likeness (QED) is 0.739. The fourth-order valence-corrected chi connectivity index (χ4v) is 1.57. The molecule has 5 nitrogen and oxygen atoms in total. The van der Waals surface area contributed by atoms with Crippen molar-refractivity contribution in [1.29, 1.82) is 0 Å². The van der Waals surface area contributed by atoms with E-state index in [0.29, 0.717) is 6.07 Å². The summed E-state index contributed by atoms with van der Waals surface area (Å²) in [5, 5.41) is 26.4. The van der Waals surface area contributed by atoms with Crippen LogP contribution in [0.15, 0.2) is 18.2 Å². The zero-order valence-corrected chi connectivity index (χ0v) is 10.2. The van der Waals surface area contributed by atoms with Gasteiger partial charge in [0, 0.05) is 5.56 Å². The maximum atomic E-state index is 12.7. The topological polar surface area (TPSA) is 94.8 Å². The second kappa shape index (κ2) is 5.16. The molecule has 11 heteroatoms. The lowest BCUT2D eigenvalue weighted by Gasteiger charge is -2.32. The Hall–Kier alpha value is -2.30. The van der Waals surface area contributed by atoms with Crippen LogP contribution in [-0.2, 0) is 5.60 Å². The summed E-state index contributed by atoms with van der Waals surface area (Å²) in [7, 11) is 0. The van der Waals surface area contributed by atoms with Gasteiger partial charge < -0.3 is 15.3 Å². The molecule has 0 atom stereocenters. The first-order valence-electron chi connectivity index (χ1n) is 5.20. The average Bonchev–Trinajstić information content (AvgIpc) is 2.34. The van der Waals surface area contributed by atoms with Crippen LogP contribution in [0.4, 0.5) is 26.3 Å². The molecule has 0 bridgehead atoms. The molecule has 0 saturated carbocycles. The van der Waals surface area contributed by atoms with Gasteiger partial charge >= 0.3 is 24.3 Å². The Balaban J connectivity index is 3.77. The van der Waals surface area contributed by atoms with Crippen molar-refractivity contribution in [2.45, 2.75) is 18.0 Å².